The standard InChI is InChI=1S/C8H6Cl2N4O/c9-5-2-1-4(3-6(5)10)7-12-13-8(15)14(7)11/h1-3H,11H2,(H,13,15). The molecule has 1 heterocycles. The van der Waals surface area contributed by atoms with Crippen LogP contribution in [0, 0.1) is 0 Å². The second-order valence-corrected chi connectivity index (χ2v) is 3.67. The SMILES string of the molecule is Nn1c(-c2ccc(Cl)c(Cl)c2)n[nH]c1=O. The number of benzene rings is 1. The van der Waals surface area contributed by atoms with Crippen LogP contribution in [0.5, 0.6) is 0 Å². The van der Waals surface area contributed by atoms with Crippen LogP contribution >= 0.6 is 23.2 Å². The van der Waals surface area contributed by atoms with Crippen LogP contribution in [0.2, 0.25) is 10.0 Å². The molecule has 0 atom stereocenters. The molecule has 1 aromatic heterocycles. The van der Waals surface area contributed by atoms with E-state index >= 15 is 0 Å². The van der Waals surface area contributed by atoms with Crippen molar-refractivity contribution in [1.82, 2.24) is 14.9 Å². The summed E-state index contributed by atoms with van der Waals surface area (Å²) in [5, 5.41) is 6.79. The molecule has 5 nitrogen and oxygen atoms in total. The molecule has 0 fully saturated rings. The summed E-state index contributed by atoms with van der Waals surface area (Å²) in [6.07, 6.45) is 0. The number of H-pyrrole nitrogens is 1. The molecular formula is C8H6Cl2N4O. The van der Waals surface area contributed by atoms with Gasteiger partial charge in [-0.15, -0.1) is 0 Å². The van der Waals surface area contributed by atoms with Gasteiger partial charge in [0.05, 0.1) is 10.0 Å². The second kappa shape index (κ2) is 3.60. The average molecular weight is 245 g/mol. The third-order valence-electron chi connectivity index (χ3n) is 1.88. The zero-order valence-electron chi connectivity index (χ0n) is 7.37. The van der Waals surface area contributed by atoms with E-state index in [0.717, 1.165) is 4.68 Å². The Kier molecular flexibility index (Phi) is 2.42. The van der Waals surface area contributed by atoms with Crippen LogP contribution in [-0.2, 0) is 0 Å². The molecule has 0 aliphatic rings. The van der Waals surface area contributed by atoms with Gasteiger partial charge in [-0.25, -0.2) is 9.89 Å². The molecule has 3 N–H and O–H groups in total. The van der Waals surface area contributed by atoms with E-state index in [4.69, 9.17) is 29.0 Å². The molecule has 0 amide bonds. The highest BCUT2D eigenvalue weighted by molar-refractivity contribution is 6.42. The minimum absolute atomic E-state index is 0.304. The maximum atomic E-state index is 11.0. The van der Waals surface area contributed by atoms with Crippen molar-refractivity contribution in [3.8, 4) is 11.4 Å². The zero-order chi connectivity index (χ0) is 11.0. The first-order chi connectivity index (χ1) is 7.09. The van der Waals surface area contributed by atoms with Gasteiger partial charge in [0.15, 0.2) is 5.82 Å². The molecule has 0 radical (unpaired) electrons. The highest BCUT2D eigenvalue weighted by Crippen LogP contribution is 2.26. The Hall–Kier alpha value is -1.46. The summed E-state index contributed by atoms with van der Waals surface area (Å²) in [6.45, 7) is 0. The Morgan fingerprint density at radius 3 is 2.60 bits per heavy atom. The van der Waals surface area contributed by atoms with E-state index in [9.17, 15) is 4.79 Å². The number of nitrogens with zero attached hydrogens (tertiary/aromatic N) is 2. The smallest absolute Gasteiger partial charge is 0.333 e. The van der Waals surface area contributed by atoms with Crippen LogP contribution in [-0.4, -0.2) is 14.9 Å². The summed E-state index contributed by atoms with van der Waals surface area (Å²) in [7, 11) is 0. The number of nitrogen functional groups attached to an aromatic ring is 1. The quantitative estimate of drug-likeness (QED) is 0.742. The average Bonchev–Trinajstić information content (AvgIpc) is 2.53. The summed E-state index contributed by atoms with van der Waals surface area (Å²) in [4.78, 5) is 11.0. The fourth-order valence-corrected chi connectivity index (χ4v) is 1.44. The fourth-order valence-electron chi connectivity index (χ4n) is 1.14. The molecule has 0 saturated heterocycles. The molecule has 1 aromatic carbocycles. The molecule has 0 spiro atoms. The first-order valence-electron chi connectivity index (χ1n) is 3.97. The predicted octanol–water partition coefficient (Wildman–Crippen LogP) is 1.26. The van der Waals surface area contributed by atoms with Gasteiger partial charge in [0.25, 0.3) is 0 Å². The largest absolute Gasteiger partial charge is 0.362 e. The van der Waals surface area contributed by atoms with Gasteiger partial charge >= 0.3 is 5.69 Å². The molecule has 7 heteroatoms. The van der Waals surface area contributed by atoms with E-state index in [1.807, 2.05) is 0 Å². The molecule has 2 rings (SSSR count). The minimum Gasteiger partial charge on any atom is -0.333 e. The number of rotatable bonds is 1. The van der Waals surface area contributed by atoms with Gasteiger partial charge in [-0.1, -0.05) is 23.2 Å². The lowest BCUT2D eigenvalue weighted by molar-refractivity contribution is 0.941. The van der Waals surface area contributed by atoms with E-state index < -0.39 is 5.69 Å². The van der Waals surface area contributed by atoms with Crippen molar-refractivity contribution >= 4 is 23.2 Å². The van der Waals surface area contributed by atoms with Gasteiger partial charge in [-0.2, -0.15) is 9.77 Å². The lowest BCUT2D eigenvalue weighted by atomic mass is 10.2. The first kappa shape index (κ1) is 10.1. The first-order valence-corrected chi connectivity index (χ1v) is 4.73. The van der Waals surface area contributed by atoms with Crippen LogP contribution < -0.4 is 11.5 Å². The van der Waals surface area contributed by atoms with Gasteiger partial charge in [-0.3, -0.25) is 0 Å². The van der Waals surface area contributed by atoms with Crippen molar-refractivity contribution < 1.29 is 0 Å². The van der Waals surface area contributed by atoms with Crippen molar-refractivity contribution in [2.75, 3.05) is 5.84 Å². The molecule has 2 aromatic rings. The zero-order valence-corrected chi connectivity index (χ0v) is 8.88. The second-order valence-electron chi connectivity index (χ2n) is 2.85. The lowest BCUT2D eigenvalue weighted by Gasteiger charge is -2.01. The summed E-state index contributed by atoms with van der Waals surface area (Å²) in [6, 6.07) is 4.87. The Morgan fingerprint density at radius 1 is 1.33 bits per heavy atom. The van der Waals surface area contributed by atoms with Gasteiger partial charge in [-0.05, 0) is 18.2 Å². The maximum Gasteiger partial charge on any atom is 0.362 e. The van der Waals surface area contributed by atoms with Crippen molar-refractivity contribution in [1.29, 1.82) is 0 Å². The molecule has 0 bridgehead atoms. The number of aromatic amines is 1. The third kappa shape index (κ3) is 1.71. The lowest BCUT2D eigenvalue weighted by Crippen LogP contribution is -2.24. The number of nitrogens with one attached hydrogen (secondary N) is 1. The maximum absolute atomic E-state index is 11.0. The van der Waals surface area contributed by atoms with Crippen molar-refractivity contribution in [3.63, 3.8) is 0 Å². The molecule has 0 aliphatic heterocycles. The monoisotopic (exact) mass is 244 g/mol. The molecule has 0 unspecified atom stereocenters. The van der Waals surface area contributed by atoms with Crippen LogP contribution in [0.15, 0.2) is 23.0 Å². The Labute approximate surface area is 94.4 Å². The van der Waals surface area contributed by atoms with Crippen molar-refractivity contribution in [3.05, 3.63) is 38.7 Å². The van der Waals surface area contributed by atoms with E-state index in [0.29, 0.717) is 21.4 Å². The number of aromatic nitrogens is 3. The summed E-state index contributed by atoms with van der Waals surface area (Å²) >= 11 is 11.6. The van der Waals surface area contributed by atoms with E-state index in [1.165, 1.54) is 0 Å². The van der Waals surface area contributed by atoms with Crippen LogP contribution in [0.3, 0.4) is 0 Å². The normalized spacial score (nSPS) is 10.5. The van der Waals surface area contributed by atoms with Crippen molar-refractivity contribution in [2.45, 2.75) is 0 Å². The number of hydrogen-bond donors (Lipinski definition) is 2. The summed E-state index contributed by atoms with van der Waals surface area (Å²) < 4.78 is 0.902. The Bertz CT molecular complexity index is 560. The van der Waals surface area contributed by atoms with E-state index in [-0.39, 0.29) is 0 Å². The van der Waals surface area contributed by atoms with E-state index in [2.05, 4.69) is 10.2 Å². The molecule has 0 saturated carbocycles. The minimum atomic E-state index is -0.490. The number of hydrogen-bond acceptors (Lipinski definition) is 3. The van der Waals surface area contributed by atoms with Gasteiger partial charge in [0, 0.05) is 5.56 Å². The Balaban J connectivity index is 2.59. The fraction of sp³-hybridized carbons (Fsp3) is 0. The van der Waals surface area contributed by atoms with Gasteiger partial charge in [0.1, 0.15) is 0 Å². The Morgan fingerprint density at radius 2 is 2.07 bits per heavy atom. The van der Waals surface area contributed by atoms with E-state index in [1.54, 1.807) is 18.2 Å². The van der Waals surface area contributed by atoms with Crippen LogP contribution in [0.4, 0.5) is 0 Å². The summed E-state index contributed by atoms with van der Waals surface area (Å²) in [5.41, 5.74) is 0.126. The highest BCUT2D eigenvalue weighted by atomic mass is 35.5. The summed E-state index contributed by atoms with van der Waals surface area (Å²) in [5.74, 6) is 5.76. The molecule has 0 aliphatic carbocycles. The molecule has 78 valence electrons. The number of halogens is 2. The van der Waals surface area contributed by atoms with Crippen molar-refractivity contribution in [2.24, 2.45) is 0 Å². The highest BCUT2D eigenvalue weighted by Gasteiger charge is 2.09. The van der Waals surface area contributed by atoms with Crippen LogP contribution in [0.25, 0.3) is 11.4 Å². The topological polar surface area (TPSA) is 76.7 Å². The molecular weight excluding hydrogens is 239 g/mol. The molecule has 15 heavy (non-hydrogen) atoms. The third-order valence-corrected chi connectivity index (χ3v) is 2.62. The number of nitrogens with two attached hydrogens (primary N) is 1. The predicted molar refractivity (Wildman–Crippen MR) is 58.5 cm³/mol. The van der Waals surface area contributed by atoms with Crippen LogP contribution in [0.1, 0.15) is 0 Å². The van der Waals surface area contributed by atoms with Gasteiger partial charge < -0.3 is 5.84 Å². The van der Waals surface area contributed by atoms with Gasteiger partial charge in [0.2, 0.25) is 0 Å².